The van der Waals surface area contributed by atoms with Crippen LogP contribution in [-0.2, 0) is 4.79 Å². The van der Waals surface area contributed by atoms with Gasteiger partial charge in [-0.05, 0) is 53.7 Å². The Hall–Kier alpha value is -0.690. The average molecular weight is 253 g/mol. The van der Waals surface area contributed by atoms with Crippen LogP contribution in [0.1, 0.15) is 40.0 Å². The van der Waals surface area contributed by atoms with E-state index in [4.69, 9.17) is 5.26 Å². The molecule has 2 unspecified atom stereocenters. The number of hydrogen-bond acceptors (Lipinski definition) is 3. The maximum absolute atomic E-state index is 11.3. The summed E-state index contributed by atoms with van der Waals surface area (Å²) in [6, 6.07) is 0. The lowest BCUT2D eigenvalue weighted by atomic mass is 9.66. The molecule has 0 spiro atoms. The molecule has 4 heteroatoms. The number of fused-ring (bicyclic) bond motifs is 2. The summed E-state index contributed by atoms with van der Waals surface area (Å²) >= 11 is 0.927. The SMILES string of the molecule is CC1(C)[C@@H]2CC[C@]1(C)C(C(SC#N)C(=O)O)C2. The molecular weight excluding hydrogens is 234 g/mol. The largest absolute Gasteiger partial charge is 0.480 e. The van der Waals surface area contributed by atoms with E-state index in [1.807, 2.05) is 5.40 Å². The minimum Gasteiger partial charge on any atom is -0.480 e. The molecule has 4 atom stereocenters. The van der Waals surface area contributed by atoms with Crippen molar-refractivity contribution in [2.24, 2.45) is 22.7 Å². The maximum atomic E-state index is 11.3. The van der Waals surface area contributed by atoms with Gasteiger partial charge in [-0.2, -0.15) is 5.26 Å². The summed E-state index contributed by atoms with van der Waals surface area (Å²) in [6.07, 6.45) is 3.28. The first kappa shape index (κ1) is 12.8. The third kappa shape index (κ3) is 1.59. The Bertz CT molecular complexity index is 387. The highest BCUT2D eigenvalue weighted by Crippen LogP contribution is 2.69. The Morgan fingerprint density at radius 3 is 2.53 bits per heavy atom. The van der Waals surface area contributed by atoms with Crippen LogP contribution in [0.3, 0.4) is 0 Å². The average Bonchev–Trinajstić information content (AvgIpc) is 2.57. The Kier molecular flexibility index (Phi) is 2.94. The molecule has 0 aromatic heterocycles. The smallest absolute Gasteiger partial charge is 0.318 e. The molecule has 2 aliphatic rings. The molecule has 0 aromatic carbocycles. The Balaban J connectivity index is 2.31. The van der Waals surface area contributed by atoms with Crippen molar-refractivity contribution < 1.29 is 9.90 Å². The van der Waals surface area contributed by atoms with Gasteiger partial charge in [-0.25, -0.2) is 0 Å². The van der Waals surface area contributed by atoms with Gasteiger partial charge < -0.3 is 5.11 Å². The first-order valence-electron chi connectivity index (χ1n) is 6.12. The number of carboxylic acids is 1. The van der Waals surface area contributed by atoms with E-state index in [1.54, 1.807) is 0 Å². The fourth-order valence-electron chi connectivity index (χ4n) is 4.08. The Labute approximate surface area is 107 Å². The molecule has 2 bridgehead atoms. The second-order valence-corrected chi connectivity index (χ2v) is 7.11. The molecule has 0 heterocycles. The van der Waals surface area contributed by atoms with Gasteiger partial charge >= 0.3 is 5.97 Å². The number of hydrogen-bond donors (Lipinski definition) is 1. The number of carbonyl (C=O) groups is 1. The fraction of sp³-hybridized carbons (Fsp3) is 0.846. The van der Waals surface area contributed by atoms with Gasteiger partial charge in [-0.15, -0.1) is 0 Å². The molecule has 1 N–H and O–H groups in total. The van der Waals surface area contributed by atoms with Gasteiger partial charge in [-0.3, -0.25) is 4.79 Å². The van der Waals surface area contributed by atoms with Crippen molar-refractivity contribution in [2.75, 3.05) is 0 Å². The van der Waals surface area contributed by atoms with Crippen molar-refractivity contribution in [3.63, 3.8) is 0 Å². The number of thiocyanates is 1. The minimum absolute atomic E-state index is 0.0740. The van der Waals surface area contributed by atoms with Crippen molar-refractivity contribution in [3.05, 3.63) is 0 Å². The normalized spacial score (nSPS) is 39.9. The molecule has 0 radical (unpaired) electrons. The molecule has 2 rings (SSSR count). The lowest BCUT2D eigenvalue weighted by Crippen LogP contribution is -2.40. The predicted molar refractivity (Wildman–Crippen MR) is 67.3 cm³/mol. The summed E-state index contributed by atoms with van der Waals surface area (Å²) < 4.78 is 0. The zero-order chi connectivity index (χ0) is 12.8. The second-order valence-electron chi connectivity index (χ2n) is 6.18. The van der Waals surface area contributed by atoms with Crippen molar-refractivity contribution in [3.8, 4) is 5.40 Å². The number of aliphatic carboxylic acids is 1. The summed E-state index contributed by atoms with van der Waals surface area (Å²) in [5, 5.41) is 19.5. The number of carboxylic acid groups (broad SMARTS) is 1. The monoisotopic (exact) mass is 253 g/mol. The van der Waals surface area contributed by atoms with E-state index in [2.05, 4.69) is 20.8 Å². The Morgan fingerprint density at radius 1 is 1.53 bits per heavy atom. The van der Waals surface area contributed by atoms with Crippen molar-refractivity contribution in [1.29, 1.82) is 5.26 Å². The van der Waals surface area contributed by atoms with Gasteiger partial charge in [0.15, 0.2) is 0 Å². The molecule has 2 aliphatic carbocycles. The third-order valence-corrected chi connectivity index (χ3v) is 6.54. The highest BCUT2D eigenvalue weighted by Gasteiger charge is 2.63. The molecule has 2 fully saturated rings. The third-order valence-electron chi connectivity index (χ3n) is 5.65. The quantitative estimate of drug-likeness (QED) is 0.785. The van der Waals surface area contributed by atoms with E-state index >= 15 is 0 Å². The highest BCUT2D eigenvalue weighted by molar-refractivity contribution is 8.04. The molecule has 0 aromatic rings. The molecule has 94 valence electrons. The number of nitrogens with zero attached hydrogens (tertiary/aromatic N) is 1. The van der Waals surface area contributed by atoms with Crippen molar-refractivity contribution >= 4 is 17.7 Å². The summed E-state index contributed by atoms with van der Waals surface area (Å²) in [5.41, 5.74) is 0.284. The van der Waals surface area contributed by atoms with Crippen LogP contribution >= 0.6 is 11.8 Å². The number of nitriles is 1. The summed E-state index contributed by atoms with van der Waals surface area (Å²) in [5.74, 6) is -0.0665. The van der Waals surface area contributed by atoms with E-state index in [-0.39, 0.29) is 16.7 Å². The zero-order valence-electron chi connectivity index (χ0n) is 10.6. The van der Waals surface area contributed by atoms with Gasteiger partial charge in [0.25, 0.3) is 0 Å². The molecular formula is C13H19NO2S. The summed E-state index contributed by atoms with van der Waals surface area (Å²) in [4.78, 5) is 11.3. The van der Waals surface area contributed by atoms with Crippen molar-refractivity contribution in [1.82, 2.24) is 0 Å². The summed E-state index contributed by atoms with van der Waals surface area (Å²) in [7, 11) is 0. The first-order valence-corrected chi connectivity index (χ1v) is 7.00. The minimum atomic E-state index is -0.828. The molecule has 0 saturated heterocycles. The van der Waals surface area contributed by atoms with Gasteiger partial charge in [0.2, 0.25) is 0 Å². The molecule has 3 nitrogen and oxygen atoms in total. The van der Waals surface area contributed by atoms with Gasteiger partial charge in [0.1, 0.15) is 10.7 Å². The maximum Gasteiger partial charge on any atom is 0.318 e. The number of thioether (sulfide) groups is 1. The fourth-order valence-corrected chi connectivity index (χ4v) is 4.87. The van der Waals surface area contributed by atoms with Gasteiger partial charge in [0.05, 0.1) is 0 Å². The van der Waals surface area contributed by atoms with Crippen molar-refractivity contribution in [2.45, 2.75) is 45.3 Å². The van der Waals surface area contributed by atoms with Crippen LogP contribution < -0.4 is 0 Å². The second kappa shape index (κ2) is 3.91. The highest BCUT2D eigenvalue weighted by atomic mass is 32.2. The molecule has 2 saturated carbocycles. The summed E-state index contributed by atoms with van der Waals surface area (Å²) in [6.45, 7) is 6.75. The zero-order valence-corrected chi connectivity index (χ0v) is 11.4. The molecule has 0 aliphatic heterocycles. The van der Waals surface area contributed by atoms with E-state index in [9.17, 15) is 9.90 Å². The number of rotatable bonds is 3. The van der Waals surface area contributed by atoms with E-state index < -0.39 is 11.2 Å². The molecule has 17 heavy (non-hydrogen) atoms. The van der Waals surface area contributed by atoms with Gasteiger partial charge in [-0.1, -0.05) is 20.8 Å². The van der Waals surface area contributed by atoms with Crippen LogP contribution in [-0.4, -0.2) is 16.3 Å². The van der Waals surface area contributed by atoms with Crippen LogP contribution in [0.25, 0.3) is 0 Å². The van der Waals surface area contributed by atoms with Crippen LogP contribution in [0.4, 0.5) is 0 Å². The lowest BCUT2D eigenvalue weighted by molar-refractivity contribution is -0.138. The van der Waals surface area contributed by atoms with E-state index in [0.29, 0.717) is 5.92 Å². The van der Waals surface area contributed by atoms with Crippen LogP contribution in [0.15, 0.2) is 0 Å². The van der Waals surface area contributed by atoms with Crippen LogP contribution in [0.2, 0.25) is 0 Å². The first-order chi connectivity index (χ1) is 7.84. The topological polar surface area (TPSA) is 61.1 Å². The standard InChI is InChI=1S/C13H19NO2S/c1-12(2)8-4-5-13(12,3)9(6-8)10(11(15)16)17-7-14/h8-10H,4-6H2,1-3H3,(H,15,16)/t8-,9?,10?,13-/m1/s1. The Morgan fingerprint density at radius 2 is 2.18 bits per heavy atom. The van der Waals surface area contributed by atoms with Crippen LogP contribution in [0, 0.1) is 33.3 Å². The molecule has 0 amide bonds. The van der Waals surface area contributed by atoms with Gasteiger partial charge in [0, 0.05) is 0 Å². The van der Waals surface area contributed by atoms with E-state index in [1.165, 1.54) is 6.42 Å². The van der Waals surface area contributed by atoms with Crippen LogP contribution in [0.5, 0.6) is 0 Å². The lowest BCUT2D eigenvalue weighted by Gasteiger charge is -2.40. The van der Waals surface area contributed by atoms with E-state index in [0.717, 1.165) is 24.6 Å². The predicted octanol–water partition coefficient (Wildman–Crippen LogP) is 3.12.